The van der Waals surface area contributed by atoms with Crippen LogP contribution < -0.4 is 5.32 Å². The second-order valence-corrected chi connectivity index (χ2v) is 4.23. The van der Waals surface area contributed by atoms with Gasteiger partial charge in [-0.15, -0.1) is 0 Å². The van der Waals surface area contributed by atoms with Crippen molar-refractivity contribution >= 4 is 17.6 Å². The summed E-state index contributed by atoms with van der Waals surface area (Å²) in [6.45, 7) is 4.18. The van der Waals surface area contributed by atoms with Gasteiger partial charge in [0.1, 0.15) is 6.54 Å². The lowest BCUT2D eigenvalue weighted by atomic mass is 10.3. The minimum atomic E-state index is -1.01. The first-order chi connectivity index (χ1) is 9.49. The fourth-order valence-corrected chi connectivity index (χ4v) is 1.70. The van der Waals surface area contributed by atoms with E-state index in [2.05, 4.69) is 15.5 Å². The Bertz CT molecular complexity index is 643. The Balaban J connectivity index is 2.09. The lowest BCUT2D eigenvalue weighted by Crippen LogP contribution is -2.15. The van der Waals surface area contributed by atoms with Gasteiger partial charge >= 0.3 is 5.97 Å². The first kappa shape index (κ1) is 13.8. The molecule has 106 valence electrons. The minimum Gasteiger partial charge on any atom is -0.480 e. The number of nitrogens with zero attached hydrogens (tertiary/aromatic N) is 4. The van der Waals surface area contributed by atoms with Gasteiger partial charge in [0.15, 0.2) is 5.69 Å². The normalized spacial score (nSPS) is 10.5. The number of nitrogens with one attached hydrogen (secondary N) is 1. The number of carbonyl (C=O) groups excluding carboxylic acids is 1. The van der Waals surface area contributed by atoms with E-state index in [0.29, 0.717) is 17.9 Å². The molecule has 0 saturated carbocycles. The van der Waals surface area contributed by atoms with Gasteiger partial charge in [-0.2, -0.15) is 10.2 Å². The van der Waals surface area contributed by atoms with E-state index in [0.717, 1.165) is 0 Å². The third kappa shape index (κ3) is 3.02. The van der Waals surface area contributed by atoms with E-state index in [1.165, 1.54) is 16.9 Å². The van der Waals surface area contributed by atoms with E-state index in [-0.39, 0.29) is 12.2 Å². The summed E-state index contributed by atoms with van der Waals surface area (Å²) in [7, 11) is 0. The van der Waals surface area contributed by atoms with Gasteiger partial charge in [-0.25, -0.2) is 0 Å². The molecule has 0 radical (unpaired) electrons. The van der Waals surface area contributed by atoms with Crippen LogP contribution in [0.5, 0.6) is 0 Å². The van der Waals surface area contributed by atoms with Crippen LogP contribution in [-0.4, -0.2) is 36.5 Å². The number of aromatic nitrogens is 4. The quantitative estimate of drug-likeness (QED) is 0.839. The van der Waals surface area contributed by atoms with Crippen LogP contribution in [0.25, 0.3) is 0 Å². The first-order valence-corrected chi connectivity index (χ1v) is 6.10. The molecule has 0 aliphatic heterocycles. The highest BCUT2D eigenvalue weighted by Crippen LogP contribution is 2.13. The van der Waals surface area contributed by atoms with E-state index < -0.39 is 11.9 Å². The molecule has 2 aromatic heterocycles. The Morgan fingerprint density at radius 2 is 2.10 bits per heavy atom. The molecular weight excluding hydrogens is 262 g/mol. The number of carbonyl (C=O) groups is 2. The van der Waals surface area contributed by atoms with Crippen LogP contribution in [0, 0.1) is 6.92 Å². The third-order valence-corrected chi connectivity index (χ3v) is 2.69. The first-order valence-electron chi connectivity index (χ1n) is 6.10. The summed E-state index contributed by atoms with van der Waals surface area (Å²) in [4.78, 5) is 22.5. The topological polar surface area (TPSA) is 102 Å². The summed E-state index contributed by atoms with van der Waals surface area (Å²) in [5.74, 6) is -1.41. The maximum Gasteiger partial charge on any atom is 0.325 e. The number of anilines is 1. The second-order valence-electron chi connectivity index (χ2n) is 4.23. The molecule has 0 fully saturated rings. The van der Waals surface area contributed by atoms with Crippen molar-refractivity contribution in [2.75, 3.05) is 5.32 Å². The summed E-state index contributed by atoms with van der Waals surface area (Å²) in [5, 5.41) is 19.5. The largest absolute Gasteiger partial charge is 0.480 e. The van der Waals surface area contributed by atoms with Crippen molar-refractivity contribution in [3.8, 4) is 0 Å². The van der Waals surface area contributed by atoms with Crippen molar-refractivity contribution in [3.05, 3.63) is 29.8 Å². The summed E-state index contributed by atoms with van der Waals surface area (Å²) in [6, 6.07) is 1.47. The monoisotopic (exact) mass is 277 g/mol. The molecule has 0 unspecified atom stereocenters. The van der Waals surface area contributed by atoms with Crippen LogP contribution in [-0.2, 0) is 17.9 Å². The van der Waals surface area contributed by atoms with Crippen LogP contribution >= 0.6 is 0 Å². The number of rotatable bonds is 5. The maximum atomic E-state index is 12.0. The summed E-state index contributed by atoms with van der Waals surface area (Å²) in [6.07, 6.45) is 3.19. The van der Waals surface area contributed by atoms with Crippen LogP contribution in [0.15, 0.2) is 18.5 Å². The molecule has 0 aliphatic rings. The average Bonchev–Trinajstić information content (AvgIpc) is 2.96. The molecular formula is C12H15N5O3. The van der Waals surface area contributed by atoms with Gasteiger partial charge in [0.05, 0.1) is 11.4 Å². The molecule has 0 saturated heterocycles. The zero-order valence-corrected chi connectivity index (χ0v) is 11.2. The Morgan fingerprint density at radius 3 is 2.70 bits per heavy atom. The number of aliphatic carboxylic acids is 1. The molecule has 2 heterocycles. The highest BCUT2D eigenvalue weighted by atomic mass is 16.4. The smallest absolute Gasteiger partial charge is 0.325 e. The van der Waals surface area contributed by atoms with Gasteiger partial charge in [-0.05, 0) is 19.9 Å². The van der Waals surface area contributed by atoms with Crippen LogP contribution in [0.2, 0.25) is 0 Å². The molecule has 0 aliphatic carbocycles. The number of hydrogen-bond donors (Lipinski definition) is 2. The van der Waals surface area contributed by atoms with Gasteiger partial charge in [-0.1, -0.05) is 0 Å². The molecule has 8 heteroatoms. The highest BCUT2D eigenvalue weighted by molar-refractivity contribution is 6.03. The number of carboxylic acid groups (broad SMARTS) is 1. The molecule has 0 bridgehead atoms. The Morgan fingerprint density at radius 1 is 1.35 bits per heavy atom. The zero-order chi connectivity index (χ0) is 14.7. The van der Waals surface area contributed by atoms with Gasteiger partial charge in [0, 0.05) is 18.9 Å². The van der Waals surface area contributed by atoms with Crippen molar-refractivity contribution in [2.24, 2.45) is 0 Å². The molecule has 1 amide bonds. The standard InChI is InChI=1S/C12H15N5O3/c1-3-16-6-10(8(2)14-16)13-12(20)9-4-5-17(15-9)7-11(18)19/h4-6H,3,7H2,1-2H3,(H,13,20)(H,18,19). The Hall–Kier alpha value is -2.64. The van der Waals surface area contributed by atoms with E-state index in [4.69, 9.17) is 5.11 Å². The fourth-order valence-electron chi connectivity index (χ4n) is 1.70. The SMILES string of the molecule is CCn1cc(NC(=O)c2ccn(CC(=O)O)n2)c(C)n1. The zero-order valence-electron chi connectivity index (χ0n) is 11.2. The Kier molecular flexibility index (Phi) is 3.83. The van der Waals surface area contributed by atoms with Gasteiger partial charge in [0.25, 0.3) is 5.91 Å². The Labute approximate surface area is 115 Å². The van der Waals surface area contributed by atoms with E-state index in [1.54, 1.807) is 17.8 Å². The number of hydrogen-bond acceptors (Lipinski definition) is 4. The van der Waals surface area contributed by atoms with E-state index in [9.17, 15) is 9.59 Å². The molecule has 8 nitrogen and oxygen atoms in total. The summed E-state index contributed by atoms with van der Waals surface area (Å²) < 4.78 is 2.91. The molecule has 20 heavy (non-hydrogen) atoms. The molecule has 0 atom stereocenters. The van der Waals surface area contributed by atoms with Gasteiger partial charge in [-0.3, -0.25) is 19.0 Å². The molecule has 0 aromatic carbocycles. The van der Waals surface area contributed by atoms with Gasteiger partial charge in [0.2, 0.25) is 0 Å². The van der Waals surface area contributed by atoms with Crippen molar-refractivity contribution in [1.29, 1.82) is 0 Å². The van der Waals surface area contributed by atoms with E-state index >= 15 is 0 Å². The van der Waals surface area contributed by atoms with E-state index in [1.807, 2.05) is 6.92 Å². The molecule has 0 spiro atoms. The molecule has 2 rings (SSSR count). The number of carboxylic acids is 1. The summed E-state index contributed by atoms with van der Waals surface area (Å²) >= 11 is 0. The second kappa shape index (κ2) is 5.55. The predicted molar refractivity (Wildman–Crippen MR) is 70.5 cm³/mol. The van der Waals surface area contributed by atoms with Crippen molar-refractivity contribution in [3.63, 3.8) is 0 Å². The predicted octanol–water partition coefficient (Wildman–Crippen LogP) is 0.745. The molecule has 2 aromatic rings. The average molecular weight is 277 g/mol. The van der Waals surface area contributed by atoms with Crippen molar-refractivity contribution in [2.45, 2.75) is 26.9 Å². The van der Waals surface area contributed by atoms with Crippen molar-refractivity contribution in [1.82, 2.24) is 19.6 Å². The minimum absolute atomic E-state index is 0.162. The number of aryl methyl sites for hydroxylation is 2. The van der Waals surface area contributed by atoms with Crippen LogP contribution in [0.1, 0.15) is 23.1 Å². The highest BCUT2D eigenvalue weighted by Gasteiger charge is 2.13. The maximum absolute atomic E-state index is 12.0. The lowest BCUT2D eigenvalue weighted by molar-refractivity contribution is -0.137. The third-order valence-electron chi connectivity index (χ3n) is 2.69. The van der Waals surface area contributed by atoms with Gasteiger partial charge < -0.3 is 10.4 Å². The lowest BCUT2D eigenvalue weighted by Gasteiger charge is -2.00. The van der Waals surface area contributed by atoms with Crippen LogP contribution in [0.3, 0.4) is 0 Å². The fraction of sp³-hybridized carbons (Fsp3) is 0.333. The van der Waals surface area contributed by atoms with Crippen LogP contribution in [0.4, 0.5) is 5.69 Å². The number of amides is 1. The molecule has 2 N–H and O–H groups in total. The summed E-state index contributed by atoms with van der Waals surface area (Å²) in [5.41, 5.74) is 1.49. The van der Waals surface area contributed by atoms with Crippen molar-refractivity contribution < 1.29 is 14.7 Å².